The Labute approximate surface area is 101 Å². The number of imidazole rings is 1. The van der Waals surface area contributed by atoms with Crippen LogP contribution < -0.4 is 5.73 Å². The zero-order chi connectivity index (χ0) is 12.7. The lowest BCUT2D eigenvalue weighted by atomic mass is 10.1. The monoisotopic (exact) mass is 246 g/mol. The third-order valence-corrected chi connectivity index (χ3v) is 2.56. The highest BCUT2D eigenvalue weighted by molar-refractivity contribution is 5.61. The van der Waals surface area contributed by atoms with Crippen molar-refractivity contribution in [3.8, 4) is 11.3 Å². The van der Waals surface area contributed by atoms with Crippen LogP contribution in [0.3, 0.4) is 0 Å². The van der Waals surface area contributed by atoms with Crippen molar-refractivity contribution in [2.45, 2.75) is 0 Å². The molecule has 0 unspecified atom stereocenters. The first-order valence-corrected chi connectivity index (χ1v) is 5.20. The number of anilines is 1. The Morgan fingerprint density at radius 2 is 1.89 bits per heavy atom. The summed E-state index contributed by atoms with van der Waals surface area (Å²) in [6.45, 7) is 0. The SMILES string of the molecule is Nc1ccn2cc(-c3ccc(F)c(F)c3)nc2n1. The van der Waals surface area contributed by atoms with E-state index in [4.69, 9.17) is 5.73 Å². The molecule has 18 heavy (non-hydrogen) atoms. The van der Waals surface area contributed by atoms with Gasteiger partial charge in [0.15, 0.2) is 11.6 Å². The molecule has 90 valence electrons. The van der Waals surface area contributed by atoms with Gasteiger partial charge < -0.3 is 5.73 Å². The molecule has 0 amide bonds. The highest BCUT2D eigenvalue weighted by Gasteiger charge is 2.08. The van der Waals surface area contributed by atoms with Gasteiger partial charge in [0.1, 0.15) is 5.82 Å². The van der Waals surface area contributed by atoms with Crippen molar-refractivity contribution in [2.24, 2.45) is 0 Å². The lowest BCUT2D eigenvalue weighted by Crippen LogP contribution is -1.93. The first-order chi connectivity index (χ1) is 8.63. The van der Waals surface area contributed by atoms with E-state index >= 15 is 0 Å². The Morgan fingerprint density at radius 3 is 2.67 bits per heavy atom. The number of hydrogen-bond acceptors (Lipinski definition) is 3. The minimum atomic E-state index is -0.906. The van der Waals surface area contributed by atoms with Crippen LogP contribution >= 0.6 is 0 Å². The summed E-state index contributed by atoms with van der Waals surface area (Å²) >= 11 is 0. The van der Waals surface area contributed by atoms with Crippen LogP contribution in [0.5, 0.6) is 0 Å². The van der Waals surface area contributed by atoms with Gasteiger partial charge >= 0.3 is 0 Å². The zero-order valence-electron chi connectivity index (χ0n) is 9.14. The average molecular weight is 246 g/mol. The van der Waals surface area contributed by atoms with Crippen LogP contribution in [0.4, 0.5) is 14.6 Å². The summed E-state index contributed by atoms with van der Waals surface area (Å²) < 4.78 is 27.6. The largest absolute Gasteiger partial charge is 0.384 e. The molecule has 3 rings (SSSR count). The topological polar surface area (TPSA) is 56.2 Å². The third-order valence-electron chi connectivity index (χ3n) is 2.56. The predicted octanol–water partition coefficient (Wildman–Crippen LogP) is 2.26. The molecule has 0 bridgehead atoms. The van der Waals surface area contributed by atoms with Crippen LogP contribution in [-0.2, 0) is 0 Å². The summed E-state index contributed by atoms with van der Waals surface area (Å²) in [7, 11) is 0. The number of nitrogens with zero attached hydrogens (tertiary/aromatic N) is 3. The maximum atomic E-state index is 13.1. The van der Waals surface area contributed by atoms with Crippen LogP contribution in [0.25, 0.3) is 17.0 Å². The van der Waals surface area contributed by atoms with Crippen molar-refractivity contribution in [1.29, 1.82) is 0 Å². The Hall–Kier alpha value is -2.50. The molecule has 0 aliphatic heterocycles. The van der Waals surface area contributed by atoms with E-state index in [1.165, 1.54) is 6.07 Å². The molecule has 2 aromatic heterocycles. The van der Waals surface area contributed by atoms with Gasteiger partial charge in [-0.3, -0.25) is 4.40 Å². The molecule has 3 aromatic rings. The van der Waals surface area contributed by atoms with E-state index < -0.39 is 11.6 Å². The summed E-state index contributed by atoms with van der Waals surface area (Å²) in [5, 5.41) is 0. The fourth-order valence-electron chi connectivity index (χ4n) is 1.68. The van der Waals surface area contributed by atoms with E-state index in [1.807, 2.05) is 0 Å². The summed E-state index contributed by atoms with van der Waals surface area (Å²) in [5.41, 5.74) is 6.53. The van der Waals surface area contributed by atoms with Gasteiger partial charge in [-0.25, -0.2) is 13.8 Å². The van der Waals surface area contributed by atoms with Gasteiger partial charge in [0, 0.05) is 18.0 Å². The van der Waals surface area contributed by atoms with Crippen molar-refractivity contribution < 1.29 is 8.78 Å². The molecular formula is C12H8F2N4. The summed E-state index contributed by atoms with van der Waals surface area (Å²) in [4.78, 5) is 8.22. The number of halogens is 2. The van der Waals surface area contributed by atoms with Crippen LogP contribution in [0.2, 0.25) is 0 Å². The maximum Gasteiger partial charge on any atom is 0.236 e. The molecule has 0 atom stereocenters. The van der Waals surface area contributed by atoms with Gasteiger partial charge in [-0.1, -0.05) is 0 Å². The summed E-state index contributed by atoms with van der Waals surface area (Å²) in [5.74, 6) is -1.03. The quantitative estimate of drug-likeness (QED) is 0.716. The fraction of sp³-hybridized carbons (Fsp3) is 0. The Balaban J connectivity index is 2.16. The van der Waals surface area contributed by atoms with Crippen LogP contribution in [0.1, 0.15) is 0 Å². The second-order valence-electron chi connectivity index (χ2n) is 3.81. The smallest absolute Gasteiger partial charge is 0.236 e. The number of nitrogen functional groups attached to an aromatic ring is 1. The van der Waals surface area contributed by atoms with Gasteiger partial charge in [0.05, 0.1) is 5.69 Å². The molecule has 6 heteroatoms. The molecule has 2 heterocycles. The zero-order valence-corrected chi connectivity index (χ0v) is 9.14. The molecule has 4 nitrogen and oxygen atoms in total. The second kappa shape index (κ2) is 3.76. The predicted molar refractivity (Wildman–Crippen MR) is 62.8 cm³/mol. The molecule has 0 aliphatic carbocycles. The Morgan fingerprint density at radius 1 is 1.06 bits per heavy atom. The van der Waals surface area contributed by atoms with E-state index in [1.54, 1.807) is 22.9 Å². The molecular weight excluding hydrogens is 238 g/mol. The minimum absolute atomic E-state index is 0.352. The van der Waals surface area contributed by atoms with E-state index in [2.05, 4.69) is 9.97 Å². The number of hydrogen-bond donors (Lipinski definition) is 1. The standard InChI is InChI=1S/C12H8F2N4/c13-8-2-1-7(5-9(8)14)10-6-18-4-3-11(15)17-12(18)16-10/h1-6H,(H2,15,16,17). The van der Waals surface area contributed by atoms with Gasteiger partial charge in [-0.15, -0.1) is 0 Å². The van der Waals surface area contributed by atoms with E-state index in [0.29, 0.717) is 22.9 Å². The molecule has 0 saturated heterocycles. The number of aromatic nitrogens is 3. The third kappa shape index (κ3) is 1.67. The van der Waals surface area contributed by atoms with E-state index in [9.17, 15) is 8.78 Å². The Bertz CT molecular complexity index is 736. The average Bonchev–Trinajstić information content (AvgIpc) is 2.75. The first-order valence-electron chi connectivity index (χ1n) is 5.20. The first kappa shape index (κ1) is 10.6. The van der Waals surface area contributed by atoms with Crippen molar-refractivity contribution >= 4 is 11.6 Å². The van der Waals surface area contributed by atoms with Crippen molar-refractivity contribution in [2.75, 3.05) is 5.73 Å². The second-order valence-corrected chi connectivity index (χ2v) is 3.81. The summed E-state index contributed by atoms with van der Waals surface area (Å²) in [6, 6.07) is 5.25. The lowest BCUT2D eigenvalue weighted by Gasteiger charge is -1.96. The molecule has 0 aliphatic rings. The number of benzene rings is 1. The molecule has 1 aromatic carbocycles. The molecule has 0 radical (unpaired) electrons. The summed E-state index contributed by atoms with van der Waals surface area (Å²) in [6.07, 6.45) is 3.38. The number of nitrogens with two attached hydrogens (primary N) is 1. The normalized spacial score (nSPS) is 11.0. The Kier molecular flexibility index (Phi) is 2.22. The van der Waals surface area contributed by atoms with Crippen LogP contribution in [0, 0.1) is 11.6 Å². The van der Waals surface area contributed by atoms with Crippen molar-refractivity contribution in [1.82, 2.24) is 14.4 Å². The number of fused-ring (bicyclic) bond motifs is 1. The minimum Gasteiger partial charge on any atom is -0.384 e. The van der Waals surface area contributed by atoms with Crippen molar-refractivity contribution in [3.05, 3.63) is 48.3 Å². The highest BCUT2D eigenvalue weighted by atomic mass is 19.2. The van der Waals surface area contributed by atoms with Gasteiger partial charge in [-0.2, -0.15) is 4.98 Å². The molecule has 2 N–H and O–H groups in total. The van der Waals surface area contributed by atoms with Crippen LogP contribution in [-0.4, -0.2) is 14.4 Å². The molecule has 0 spiro atoms. The highest BCUT2D eigenvalue weighted by Crippen LogP contribution is 2.21. The van der Waals surface area contributed by atoms with Gasteiger partial charge in [0.25, 0.3) is 0 Å². The van der Waals surface area contributed by atoms with Gasteiger partial charge in [-0.05, 0) is 24.3 Å². The fourth-order valence-corrected chi connectivity index (χ4v) is 1.68. The van der Waals surface area contributed by atoms with Crippen LogP contribution in [0.15, 0.2) is 36.7 Å². The van der Waals surface area contributed by atoms with E-state index in [-0.39, 0.29) is 0 Å². The lowest BCUT2D eigenvalue weighted by molar-refractivity contribution is 0.509. The van der Waals surface area contributed by atoms with Crippen molar-refractivity contribution in [3.63, 3.8) is 0 Å². The number of rotatable bonds is 1. The molecule has 0 saturated carbocycles. The van der Waals surface area contributed by atoms with E-state index in [0.717, 1.165) is 12.1 Å². The maximum absolute atomic E-state index is 13.1. The molecule has 0 fully saturated rings. The van der Waals surface area contributed by atoms with Gasteiger partial charge in [0.2, 0.25) is 5.78 Å².